The van der Waals surface area contributed by atoms with Gasteiger partial charge in [-0.25, -0.2) is 4.39 Å². The highest BCUT2D eigenvalue weighted by Crippen LogP contribution is 2.31. The molecule has 21 heavy (non-hydrogen) atoms. The highest BCUT2D eigenvalue weighted by atomic mass is 19.1. The molecule has 0 spiro atoms. The third-order valence-electron chi connectivity index (χ3n) is 3.54. The van der Waals surface area contributed by atoms with E-state index in [9.17, 15) is 4.39 Å². The van der Waals surface area contributed by atoms with Crippen LogP contribution in [0.2, 0.25) is 0 Å². The van der Waals surface area contributed by atoms with Crippen LogP contribution in [0.5, 0.6) is 5.75 Å². The van der Waals surface area contributed by atoms with Gasteiger partial charge in [0.1, 0.15) is 11.6 Å². The Morgan fingerprint density at radius 1 is 1.33 bits per heavy atom. The molecular formula is C16H22FN3O. The SMILES string of the molecule is CCNC(c1cc(F)ccc1OC)c1cc(CC)nn1C. The maximum absolute atomic E-state index is 13.7. The van der Waals surface area contributed by atoms with Crippen molar-refractivity contribution < 1.29 is 9.13 Å². The lowest BCUT2D eigenvalue weighted by molar-refractivity contribution is 0.401. The number of hydrogen-bond acceptors (Lipinski definition) is 3. The molecule has 0 aliphatic carbocycles. The number of methoxy groups -OCH3 is 1. The lowest BCUT2D eigenvalue weighted by Gasteiger charge is -2.21. The summed E-state index contributed by atoms with van der Waals surface area (Å²) < 4.78 is 20.9. The van der Waals surface area contributed by atoms with E-state index in [4.69, 9.17) is 4.74 Å². The number of nitrogens with zero attached hydrogens (tertiary/aromatic N) is 2. The molecule has 1 unspecified atom stereocenters. The molecule has 1 aromatic heterocycles. The minimum Gasteiger partial charge on any atom is -0.496 e. The Morgan fingerprint density at radius 2 is 2.10 bits per heavy atom. The third-order valence-corrected chi connectivity index (χ3v) is 3.54. The number of aryl methyl sites for hydroxylation is 2. The zero-order chi connectivity index (χ0) is 15.4. The summed E-state index contributed by atoms with van der Waals surface area (Å²) in [4.78, 5) is 0. The fraction of sp³-hybridized carbons (Fsp3) is 0.438. The maximum Gasteiger partial charge on any atom is 0.124 e. The fourth-order valence-electron chi connectivity index (χ4n) is 2.50. The average molecular weight is 291 g/mol. The van der Waals surface area contributed by atoms with Crippen LogP contribution in [0.4, 0.5) is 4.39 Å². The Morgan fingerprint density at radius 3 is 2.67 bits per heavy atom. The van der Waals surface area contributed by atoms with Gasteiger partial charge in [-0.15, -0.1) is 0 Å². The van der Waals surface area contributed by atoms with Gasteiger partial charge in [-0.2, -0.15) is 5.10 Å². The van der Waals surface area contributed by atoms with Gasteiger partial charge in [0, 0.05) is 12.6 Å². The number of nitrogens with one attached hydrogen (secondary N) is 1. The molecule has 4 nitrogen and oxygen atoms in total. The van der Waals surface area contributed by atoms with E-state index in [1.54, 1.807) is 13.2 Å². The number of rotatable bonds is 6. The summed E-state index contributed by atoms with van der Waals surface area (Å²) in [6.45, 7) is 4.85. The summed E-state index contributed by atoms with van der Waals surface area (Å²) in [5.41, 5.74) is 2.80. The lowest BCUT2D eigenvalue weighted by Crippen LogP contribution is -2.24. The molecule has 0 aliphatic heterocycles. The van der Waals surface area contributed by atoms with Crippen molar-refractivity contribution in [3.8, 4) is 5.75 Å². The summed E-state index contributed by atoms with van der Waals surface area (Å²) in [7, 11) is 3.51. The minimum absolute atomic E-state index is 0.154. The molecule has 0 saturated carbocycles. The molecule has 1 N–H and O–H groups in total. The topological polar surface area (TPSA) is 39.1 Å². The van der Waals surface area contributed by atoms with Crippen LogP contribution >= 0.6 is 0 Å². The van der Waals surface area contributed by atoms with Gasteiger partial charge in [0.25, 0.3) is 0 Å². The standard InChI is InChI=1S/C16H22FN3O/c1-5-12-10-14(20(3)19-12)16(18-6-2)13-9-11(17)7-8-15(13)21-4/h7-10,16,18H,5-6H2,1-4H3. The second-order valence-electron chi connectivity index (χ2n) is 4.91. The molecule has 0 saturated heterocycles. The van der Waals surface area contributed by atoms with E-state index in [1.165, 1.54) is 12.1 Å². The van der Waals surface area contributed by atoms with Gasteiger partial charge in [-0.3, -0.25) is 4.68 Å². The first-order valence-electron chi connectivity index (χ1n) is 7.20. The molecule has 0 fully saturated rings. The molecule has 0 aliphatic rings. The van der Waals surface area contributed by atoms with Crippen molar-refractivity contribution >= 4 is 0 Å². The van der Waals surface area contributed by atoms with Crippen molar-refractivity contribution in [3.05, 3.63) is 47.0 Å². The van der Waals surface area contributed by atoms with E-state index in [0.29, 0.717) is 5.75 Å². The van der Waals surface area contributed by atoms with Crippen LogP contribution in [0.3, 0.4) is 0 Å². The van der Waals surface area contributed by atoms with Crippen molar-refractivity contribution in [2.24, 2.45) is 7.05 Å². The first-order valence-corrected chi connectivity index (χ1v) is 7.20. The first-order chi connectivity index (χ1) is 10.1. The fourth-order valence-corrected chi connectivity index (χ4v) is 2.50. The molecule has 5 heteroatoms. The van der Waals surface area contributed by atoms with Gasteiger partial charge >= 0.3 is 0 Å². The molecule has 2 aromatic rings. The van der Waals surface area contributed by atoms with Gasteiger partial charge < -0.3 is 10.1 Å². The summed E-state index contributed by atoms with van der Waals surface area (Å²) in [5.74, 6) is 0.396. The third kappa shape index (κ3) is 3.24. The zero-order valence-corrected chi connectivity index (χ0v) is 13.0. The van der Waals surface area contributed by atoms with E-state index in [2.05, 4.69) is 23.4 Å². The largest absolute Gasteiger partial charge is 0.496 e. The molecular weight excluding hydrogens is 269 g/mol. The Balaban J connectivity index is 2.52. The predicted molar refractivity (Wildman–Crippen MR) is 81.1 cm³/mol. The molecule has 1 aromatic carbocycles. The van der Waals surface area contributed by atoms with Gasteiger partial charge in [0.2, 0.25) is 0 Å². The highest BCUT2D eigenvalue weighted by Gasteiger charge is 2.22. The quantitative estimate of drug-likeness (QED) is 0.889. The summed E-state index contributed by atoms with van der Waals surface area (Å²) in [5, 5.41) is 7.87. The van der Waals surface area contributed by atoms with Crippen molar-refractivity contribution in [2.75, 3.05) is 13.7 Å². The Labute approximate surface area is 124 Å². The molecule has 1 atom stereocenters. The van der Waals surface area contributed by atoms with E-state index >= 15 is 0 Å². The van der Waals surface area contributed by atoms with E-state index in [1.807, 2.05) is 18.7 Å². The monoisotopic (exact) mass is 291 g/mol. The molecule has 0 amide bonds. The molecule has 1 heterocycles. The van der Waals surface area contributed by atoms with Crippen molar-refractivity contribution in [3.63, 3.8) is 0 Å². The lowest BCUT2D eigenvalue weighted by atomic mass is 10.0. The van der Waals surface area contributed by atoms with Crippen LogP contribution in [-0.4, -0.2) is 23.4 Å². The Bertz CT molecular complexity index is 610. The summed E-state index contributed by atoms with van der Waals surface area (Å²) >= 11 is 0. The molecule has 2 rings (SSSR count). The molecule has 0 radical (unpaired) electrons. The van der Waals surface area contributed by atoms with Crippen LogP contribution in [0.15, 0.2) is 24.3 Å². The Hall–Kier alpha value is -1.88. The summed E-state index contributed by atoms with van der Waals surface area (Å²) in [6.07, 6.45) is 0.868. The van der Waals surface area contributed by atoms with E-state index in [-0.39, 0.29) is 11.9 Å². The van der Waals surface area contributed by atoms with Gasteiger partial charge in [0.05, 0.1) is 24.5 Å². The predicted octanol–water partition coefficient (Wildman–Crippen LogP) is 2.83. The molecule has 0 bridgehead atoms. The first kappa shape index (κ1) is 15.5. The number of halogens is 1. The van der Waals surface area contributed by atoms with Gasteiger partial charge in [-0.05, 0) is 37.2 Å². The highest BCUT2D eigenvalue weighted by molar-refractivity contribution is 5.41. The van der Waals surface area contributed by atoms with Gasteiger partial charge in [0.15, 0.2) is 0 Å². The van der Waals surface area contributed by atoms with E-state index < -0.39 is 0 Å². The second-order valence-corrected chi connectivity index (χ2v) is 4.91. The molecule has 114 valence electrons. The Kier molecular flexibility index (Phi) is 4.96. The van der Waals surface area contributed by atoms with Gasteiger partial charge in [-0.1, -0.05) is 13.8 Å². The van der Waals surface area contributed by atoms with E-state index in [0.717, 1.165) is 29.9 Å². The van der Waals surface area contributed by atoms with Crippen LogP contribution in [0.25, 0.3) is 0 Å². The van der Waals surface area contributed by atoms with Crippen LogP contribution in [0, 0.1) is 5.82 Å². The number of benzene rings is 1. The normalized spacial score (nSPS) is 12.4. The van der Waals surface area contributed by atoms with Crippen LogP contribution in [0.1, 0.15) is 36.8 Å². The average Bonchev–Trinajstić information content (AvgIpc) is 2.85. The number of hydrogen-bond donors (Lipinski definition) is 1. The number of aromatic nitrogens is 2. The van der Waals surface area contributed by atoms with Crippen molar-refractivity contribution in [2.45, 2.75) is 26.3 Å². The summed E-state index contributed by atoms with van der Waals surface area (Å²) in [6, 6.07) is 6.49. The zero-order valence-electron chi connectivity index (χ0n) is 13.0. The van der Waals surface area contributed by atoms with Crippen LogP contribution in [-0.2, 0) is 13.5 Å². The minimum atomic E-state index is -0.272. The van der Waals surface area contributed by atoms with Crippen LogP contribution < -0.4 is 10.1 Å². The second kappa shape index (κ2) is 6.72. The smallest absolute Gasteiger partial charge is 0.124 e. The number of ether oxygens (including phenoxy) is 1. The van der Waals surface area contributed by atoms with Crippen molar-refractivity contribution in [1.82, 2.24) is 15.1 Å². The van der Waals surface area contributed by atoms with Crippen molar-refractivity contribution in [1.29, 1.82) is 0 Å². The maximum atomic E-state index is 13.7.